The summed E-state index contributed by atoms with van der Waals surface area (Å²) in [4.78, 5) is 3.85. The van der Waals surface area contributed by atoms with Crippen LogP contribution in [0.25, 0.3) is 0 Å². The molecule has 1 unspecified atom stereocenters. The molecule has 1 heterocycles. The fraction of sp³-hybridized carbons (Fsp3) is 0.625. The van der Waals surface area contributed by atoms with Crippen LogP contribution in [0.4, 0.5) is 0 Å². The van der Waals surface area contributed by atoms with Gasteiger partial charge in [-0.3, -0.25) is 0 Å². The summed E-state index contributed by atoms with van der Waals surface area (Å²) in [5, 5.41) is 0. The van der Waals surface area contributed by atoms with Gasteiger partial charge in [0.25, 0.3) is 0 Å². The van der Waals surface area contributed by atoms with E-state index in [2.05, 4.69) is 16.5 Å². The van der Waals surface area contributed by atoms with E-state index in [1.807, 2.05) is 18.4 Å². The Hall–Kier alpha value is -0.560. The lowest BCUT2D eigenvalue weighted by Crippen LogP contribution is -2.36. The lowest BCUT2D eigenvalue weighted by Gasteiger charge is -2.30. The third-order valence-corrected chi connectivity index (χ3v) is 6.27. The predicted molar refractivity (Wildman–Crippen MR) is 92.9 cm³/mol. The Morgan fingerprint density at radius 3 is 2.68 bits per heavy atom. The number of likely N-dealkylation sites (tertiary alicyclic amines) is 1. The molecular weight excluding hydrogens is 316 g/mol. The highest BCUT2D eigenvalue weighted by Crippen LogP contribution is 2.18. The van der Waals surface area contributed by atoms with Crippen LogP contribution < -0.4 is 4.72 Å². The van der Waals surface area contributed by atoms with Gasteiger partial charge in [0.1, 0.15) is 0 Å². The first-order valence-corrected chi connectivity index (χ1v) is 10.6. The smallest absolute Gasteiger partial charge is 0.240 e. The Labute approximate surface area is 138 Å². The van der Waals surface area contributed by atoms with Crippen molar-refractivity contribution in [1.82, 2.24) is 9.62 Å². The SMILES string of the molecule is CSc1ccc(S(=O)(=O)NCCCN2CCCC(C)C2)cc1. The fourth-order valence-corrected chi connectivity index (χ4v) is 4.32. The van der Waals surface area contributed by atoms with Crippen molar-refractivity contribution in [2.24, 2.45) is 5.92 Å². The first-order chi connectivity index (χ1) is 10.5. The van der Waals surface area contributed by atoms with E-state index < -0.39 is 10.0 Å². The van der Waals surface area contributed by atoms with Crippen molar-refractivity contribution in [3.63, 3.8) is 0 Å². The second kappa shape index (κ2) is 8.34. The average molecular weight is 343 g/mol. The topological polar surface area (TPSA) is 49.4 Å². The fourth-order valence-electron chi connectivity index (χ4n) is 2.84. The van der Waals surface area contributed by atoms with Crippen LogP contribution in [0.15, 0.2) is 34.1 Å². The Morgan fingerprint density at radius 2 is 2.05 bits per heavy atom. The molecule has 1 aromatic carbocycles. The van der Waals surface area contributed by atoms with E-state index in [0.717, 1.165) is 36.9 Å². The van der Waals surface area contributed by atoms with Gasteiger partial charge in [0, 0.05) is 18.0 Å². The third-order valence-electron chi connectivity index (χ3n) is 4.05. The van der Waals surface area contributed by atoms with Gasteiger partial charge < -0.3 is 4.90 Å². The molecule has 1 aliphatic rings. The predicted octanol–water partition coefficient (Wildman–Crippen LogP) is 2.81. The maximum atomic E-state index is 12.2. The molecule has 1 aromatic rings. The van der Waals surface area contributed by atoms with E-state index in [1.165, 1.54) is 12.8 Å². The molecule has 1 N–H and O–H groups in total. The first kappa shape index (κ1) is 17.8. The van der Waals surface area contributed by atoms with Gasteiger partial charge in [-0.05, 0) is 68.8 Å². The van der Waals surface area contributed by atoms with Gasteiger partial charge in [-0.25, -0.2) is 13.1 Å². The quantitative estimate of drug-likeness (QED) is 0.611. The van der Waals surface area contributed by atoms with Gasteiger partial charge in [-0.2, -0.15) is 0 Å². The van der Waals surface area contributed by atoms with Crippen LogP contribution in [0, 0.1) is 5.92 Å². The summed E-state index contributed by atoms with van der Waals surface area (Å²) in [6.45, 7) is 6.04. The molecule has 0 saturated carbocycles. The summed E-state index contributed by atoms with van der Waals surface area (Å²) in [7, 11) is -3.38. The van der Waals surface area contributed by atoms with Gasteiger partial charge in [-0.1, -0.05) is 6.92 Å². The molecule has 0 aliphatic carbocycles. The summed E-state index contributed by atoms with van der Waals surface area (Å²) in [6.07, 6.45) is 5.40. The maximum absolute atomic E-state index is 12.2. The van der Waals surface area contributed by atoms with Crippen LogP contribution in [0.3, 0.4) is 0 Å². The summed E-state index contributed by atoms with van der Waals surface area (Å²) >= 11 is 1.60. The zero-order chi connectivity index (χ0) is 16.0. The lowest BCUT2D eigenvalue weighted by atomic mass is 10.0. The van der Waals surface area contributed by atoms with Crippen LogP contribution >= 0.6 is 11.8 Å². The van der Waals surface area contributed by atoms with Crippen LogP contribution in [0.2, 0.25) is 0 Å². The molecular formula is C16H26N2O2S2. The molecule has 2 rings (SSSR count). The summed E-state index contributed by atoms with van der Waals surface area (Å²) < 4.78 is 27.1. The first-order valence-electron chi connectivity index (χ1n) is 7.87. The molecule has 1 atom stereocenters. The molecule has 1 fully saturated rings. The number of hydrogen-bond donors (Lipinski definition) is 1. The standard InChI is InChI=1S/C16H26N2O2S2/c1-14-5-3-11-18(13-14)12-4-10-17-22(19,20)16-8-6-15(21-2)7-9-16/h6-9,14,17H,3-5,10-13H2,1-2H3. The normalized spacial score (nSPS) is 20.2. The number of benzene rings is 1. The highest BCUT2D eigenvalue weighted by molar-refractivity contribution is 7.98. The molecule has 0 bridgehead atoms. The summed E-state index contributed by atoms with van der Waals surface area (Å²) in [5.41, 5.74) is 0. The van der Waals surface area contributed by atoms with Crippen molar-refractivity contribution in [2.45, 2.75) is 36.0 Å². The average Bonchev–Trinajstić information content (AvgIpc) is 2.52. The Bertz CT molecular complexity index is 558. The van der Waals surface area contributed by atoms with Gasteiger partial charge in [-0.15, -0.1) is 11.8 Å². The van der Waals surface area contributed by atoms with E-state index in [-0.39, 0.29) is 0 Å². The maximum Gasteiger partial charge on any atom is 0.240 e. The van der Waals surface area contributed by atoms with E-state index in [1.54, 1.807) is 23.9 Å². The minimum absolute atomic E-state index is 0.344. The summed E-state index contributed by atoms with van der Waals surface area (Å²) in [6, 6.07) is 7.02. The summed E-state index contributed by atoms with van der Waals surface area (Å²) in [5.74, 6) is 0.764. The van der Waals surface area contributed by atoms with E-state index in [9.17, 15) is 8.42 Å². The van der Waals surface area contributed by atoms with E-state index >= 15 is 0 Å². The molecule has 0 aromatic heterocycles. The van der Waals surface area contributed by atoms with Crippen LogP contribution in [-0.2, 0) is 10.0 Å². The van der Waals surface area contributed by atoms with Crippen molar-refractivity contribution >= 4 is 21.8 Å². The van der Waals surface area contributed by atoms with Crippen molar-refractivity contribution in [1.29, 1.82) is 0 Å². The number of nitrogens with zero attached hydrogens (tertiary/aromatic N) is 1. The molecule has 0 radical (unpaired) electrons. The highest BCUT2D eigenvalue weighted by Gasteiger charge is 2.16. The van der Waals surface area contributed by atoms with E-state index in [4.69, 9.17) is 0 Å². The van der Waals surface area contributed by atoms with Gasteiger partial charge in [0.15, 0.2) is 0 Å². The molecule has 4 nitrogen and oxygen atoms in total. The minimum Gasteiger partial charge on any atom is -0.303 e. The number of piperidine rings is 1. The van der Waals surface area contributed by atoms with E-state index in [0.29, 0.717) is 11.4 Å². The lowest BCUT2D eigenvalue weighted by molar-refractivity contribution is 0.182. The van der Waals surface area contributed by atoms with Crippen LogP contribution in [0.1, 0.15) is 26.2 Å². The number of rotatable bonds is 7. The third kappa shape index (κ3) is 5.26. The molecule has 124 valence electrons. The highest BCUT2D eigenvalue weighted by atomic mass is 32.2. The van der Waals surface area contributed by atoms with Crippen LogP contribution in [-0.4, -0.2) is 45.8 Å². The number of hydrogen-bond acceptors (Lipinski definition) is 4. The largest absolute Gasteiger partial charge is 0.303 e. The number of nitrogens with one attached hydrogen (secondary N) is 1. The second-order valence-electron chi connectivity index (χ2n) is 5.97. The molecule has 0 spiro atoms. The minimum atomic E-state index is -3.38. The Balaban J connectivity index is 1.77. The molecule has 6 heteroatoms. The Morgan fingerprint density at radius 1 is 1.32 bits per heavy atom. The monoisotopic (exact) mass is 342 g/mol. The van der Waals surface area contributed by atoms with Crippen molar-refractivity contribution in [3.8, 4) is 0 Å². The van der Waals surface area contributed by atoms with Gasteiger partial charge >= 0.3 is 0 Å². The zero-order valence-corrected chi connectivity index (χ0v) is 15.0. The number of thioether (sulfide) groups is 1. The molecule has 1 aliphatic heterocycles. The van der Waals surface area contributed by atoms with Crippen molar-refractivity contribution in [3.05, 3.63) is 24.3 Å². The molecule has 1 saturated heterocycles. The second-order valence-corrected chi connectivity index (χ2v) is 8.62. The van der Waals surface area contributed by atoms with Crippen molar-refractivity contribution < 1.29 is 8.42 Å². The van der Waals surface area contributed by atoms with Crippen molar-refractivity contribution in [2.75, 3.05) is 32.4 Å². The zero-order valence-electron chi connectivity index (χ0n) is 13.4. The Kier molecular flexibility index (Phi) is 6.74. The van der Waals surface area contributed by atoms with Gasteiger partial charge in [0.2, 0.25) is 10.0 Å². The number of sulfonamides is 1. The molecule has 0 amide bonds. The molecule has 22 heavy (non-hydrogen) atoms. The van der Waals surface area contributed by atoms with Gasteiger partial charge in [0.05, 0.1) is 4.90 Å². The van der Waals surface area contributed by atoms with Crippen LogP contribution in [0.5, 0.6) is 0 Å².